The molecule has 0 saturated heterocycles. The summed E-state index contributed by atoms with van der Waals surface area (Å²) in [6.07, 6.45) is 2.34. The number of ether oxygens (including phenoxy) is 2. The zero-order valence-corrected chi connectivity index (χ0v) is 14.4. The van der Waals surface area contributed by atoms with Gasteiger partial charge in [-0.1, -0.05) is 19.1 Å². The number of rotatable bonds is 5. The van der Waals surface area contributed by atoms with Gasteiger partial charge in [0.15, 0.2) is 17.6 Å². The molecular weight excluding hydrogens is 306 g/mol. The zero-order chi connectivity index (χ0) is 17.1. The molecule has 1 aromatic heterocycles. The smallest absolute Gasteiger partial charge is 0.257 e. The molecule has 6 nitrogen and oxygen atoms in total. The minimum Gasteiger partial charge on any atom is -0.486 e. The molecule has 6 heteroatoms. The summed E-state index contributed by atoms with van der Waals surface area (Å²) in [6.45, 7) is 5.57. The number of hydrogen-bond acceptors (Lipinski definition) is 4. The molecule has 2 heterocycles. The van der Waals surface area contributed by atoms with Crippen LogP contribution in [0.1, 0.15) is 29.4 Å². The van der Waals surface area contributed by atoms with Gasteiger partial charge >= 0.3 is 0 Å². The van der Waals surface area contributed by atoms with Crippen molar-refractivity contribution in [3.05, 3.63) is 41.7 Å². The van der Waals surface area contributed by atoms with Gasteiger partial charge in [-0.25, -0.2) is 0 Å². The zero-order valence-electron chi connectivity index (χ0n) is 14.4. The van der Waals surface area contributed by atoms with Gasteiger partial charge < -0.3 is 14.4 Å². The highest BCUT2D eigenvalue weighted by atomic mass is 16.6. The van der Waals surface area contributed by atoms with Crippen molar-refractivity contribution in [2.24, 2.45) is 7.05 Å². The fourth-order valence-electron chi connectivity index (χ4n) is 2.82. The lowest BCUT2D eigenvalue weighted by Crippen LogP contribution is -2.44. The largest absolute Gasteiger partial charge is 0.486 e. The Labute approximate surface area is 142 Å². The summed E-state index contributed by atoms with van der Waals surface area (Å²) < 4.78 is 13.5. The Balaban J connectivity index is 1.73. The van der Waals surface area contributed by atoms with E-state index in [1.54, 1.807) is 10.9 Å². The number of nitrogens with zero attached hydrogens (tertiary/aromatic N) is 3. The Kier molecular flexibility index (Phi) is 4.74. The highest BCUT2D eigenvalue weighted by Gasteiger charge is 2.27. The molecule has 24 heavy (non-hydrogen) atoms. The van der Waals surface area contributed by atoms with Crippen molar-refractivity contribution < 1.29 is 14.3 Å². The average molecular weight is 329 g/mol. The van der Waals surface area contributed by atoms with Gasteiger partial charge in [0.1, 0.15) is 6.61 Å². The van der Waals surface area contributed by atoms with Crippen LogP contribution >= 0.6 is 0 Å². The maximum Gasteiger partial charge on any atom is 0.257 e. The molecule has 1 amide bonds. The van der Waals surface area contributed by atoms with Crippen LogP contribution in [0.5, 0.6) is 11.5 Å². The summed E-state index contributed by atoms with van der Waals surface area (Å²) in [4.78, 5) is 14.7. The quantitative estimate of drug-likeness (QED) is 0.845. The van der Waals surface area contributed by atoms with Gasteiger partial charge in [0, 0.05) is 19.3 Å². The molecule has 0 saturated carbocycles. The lowest BCUT2D eigenvalue weighted by Gasteiger charge is -2.31. The van der Waals surface area contributed by atoms with Crippen molar-refractivity contribution in [3.63, 3.8) is 0 Å². The van der Waals surface area contributed by atoms with Gasteiger partial charge in [-0.15, -0.1) is 0 Å². The maximum atomic E-state index is 12.9. The summed E-state index contributed by atoms with van der Waals surface area (Å²) in [5, 5.41) is 4.17. The number of carbonyl (C=O) groups excluding carboxylic acids is 1. The van der Waals surface area contributed by atoms with Gasteiger partial charge in [-0.3, -0.25) is 9.48 Å². The van der Waals surface area contributed by atoms with Gasteiger partial charge in [0.05, 0.1) is 18.3 Å². The number of benzene rings is 1. The number of para-hydroxylation sites is 2. The summed E-state index contributed by atoms with van der Waals surface area (Å²) in [7, 11) is 1.84. The van der Waals surface area contributed by atoms with E-state index in [4.69, 9.17) is 9.47 Å². The van der Waals surface area contributed by atoms with Crippen LogP contribution in [0.15, 0.2) is 30.5 Å². The predicted molar refractivity (Wildman–Crippen MR) is 90.5 cm³/mol. The fraction of sp³-hybridized carbons (Fsp3) is 0.444. The molecule has 0 N–H and O–H groups in total. The molecule has 1 aromatic carbocycles. The SMILES string of the molecule is CCCN(C[C@H]1COc2ccccc2O1)C(=O)c1cnn(C)c1C. The molecule has 0 bridgehead atoms. The number of aromatic nitrogens is 2. The van der Waals surface area contributed by atoms with E-state index in [0.29, 0.717) is 25.3 Å². The van der Waals surface area contributed by atoms with Gasteiger partial charge in [0.25, 0.3) is 5.91 Å². The standard InChI is InChI=1S/C18H23N3O3/c1-4-9-21(18(22)15-10-19-20(3)13(15)2)11-14-12-23-16-7-5-6-8-17(16)24-14/h5-8,10,14H,4,9,11-12H2,1-3H3/t14-/m0/s1. The van der Waals surface area contributed by atoms with Crippen molar-refractivity contribution in [1.82, 2.24) is 14.7 Å². The van der Waals surface area contributed by atoms with Crippen LogP contribution < -0.4 is 9.47 Å². The third-order valence-corrected chi connectivity index (χ3v) is 4.24. The van der Waals surface area contributed by atoms with E-state index in [9.17, 15) is 4.79 Å². The molecule has 3 rings (SSSR count). The number of amides is 1. The average Bonchev–Trinajstić information content (AvgIpc) is 2.93. The van der Waals surface area contributed by atoms with Crippen LogP contribution in [0.3, 0.4) is 0 Å². The van der Waals surface area contributed by atoms with Gasteiger partial charge in [0.2, 0.25) is 0 Å². The molecule has 2 aromatic rings. The second kappa shape index (κ2) is 6.95. The Morgan fingerprint density at radius 3 is 2.79 bits per heavy atom. The number of hydrogen-bond donors (Lipinski definition) is 0. The molecule has 0 spiro atoms. The first-order chi connectivity index (χ1) is 11.6. The maximum absolute atomic E-state index is 12.9. The fourth-order valence-corrected chi connectivity index (χ4v) is 2.82. The molecule has 0 unspecified atom stereocenters. The van der Waals surface area contributed by atoms with E-state index < -0.39 is 0 Å². The Hall–Kier alpha value is -2.50. The third-order valence-electron chi connectivity index (χ3n) is 4.24. The van der Waals surface area contributed by atoms with E-state index in [1.165, 1.54) is 0 Å². The minimum atomic E-state index is -0.174. The first-order valence-corrected chi connectivity index (χ1v) is 8.26. The highest BCUT2D eigenvalue weighted by molar-refractivity contribution is 5.95. The van der Waals surface area contributed by atoms with E-state index in [1.807, 2.05) is 43.1 Å². The number of aryl methyl sites for hydroxylation is 1. The molecule has 1 atom stereocenters. The second-order valence-corrected chi connectivity index (χ2v) is 6.02. The summed E-state index contributed by atoms with van der Waals surface area (Å²) in [6, 6.07) is 7.61. The number of carbonyl (C=O) groups is 1. The van der Waals surface area contributed by atoms with Crippen molar-refractivity contribution in [3.8, 4) is 11.5 Å². The minimum absolute atomic E-state index is 0.00934. The van der Waals surface area contributed by atoms with Crippen LogP contribution in [0.2, 0.25) is 0 Å². The summed E-state index contributed by atoms with van der Waals surface area (Å²) >= 11 is 0. The third kappa shape index (κ3) is 3.22. The first kappa shape index (κ1) is 16.4. The van der Waals surface area contributed by atoms with Crippen molar-refractivity contribution >= 4 is 5.91 Å². The lowest BCUT2D eigenvalue weighted by atomic mass is 10.2. The molecule has 1 aliphatic rings. The molecule has 0 aliphatic carbocycles. The van der Waals surface area contributed by atoms with Gasteiger partial charge in [-0.05, 0) is 25.5 Å². The van der Waals surface area contributed by atoms with Crippen molar-refractivity contribution in [2.45, 2.75) is 26.4 Å². The Morgan fingerprint density at radius 2 is 2.12 bits per heavy atom. The highest BCUT2D eigenvalue weighted by Crippen LogP contribution is 2.31. The second-order valence-electron chi connectivity index (χ2n) is 6.02. The predicted octanol–water partition coefficient (Wildman–Crippen LogP) is 2.42. The van der Waals surface area contributed by atoms with Crippen LogP contribution in [0.25, 0.3) is 0 Å². The van der Waals surface area contributed by atoms with E-state index >= 15 is 0 Å². The van der Waals surface area contributed by atoms with E-state index in [2.05, 4.69) is 12.0 Å². The van der Waals surface area contributed by atoms with Crippen molar-refractivity contribution in [1.29, 1.82) is 0 Å². The van der Waals surface area contributed by atoms with E-state index in [-0.39, 0.29) is 12.0 Å². The molecular formula is C18H23N3O3. The normalized spacial score (nSPS) is 16.0. The molecule has 0 fully saturated rings. The van der Waals surface area contributed by atoms with Crippen LogP contribution in [0.4, 0.5) is 0 Å². The van der Waals surface area contributed by atoms with Crippen LogP contribution in [-0.2, 0) is 7.05 Å². The van der Waals surface area contributed by atoms with Crippen LogP contribution in [-0.4, -0.2) is 46.4 Å². The number of fused-ring (bicyclic) bond motifs is 1. The van der Waals surface area contributed by atoms with Crippen LogP contribution in [0, 0.1) is 6.92 Å². The molecule has 128 valence electrons. The lowest BCUT2D eigenvalue weighted by molar-refractivity contribution is 0.0462. The Morgan fingerprint density at radius 1 is 1.38 bits per heavy atom. The van der Waals surface area contributed by atoms with E-state index in [0.717, 1.165) is 23.6 Å². The first-order valence-electron chi connectivity index (χ1n) is 8.26. The summed E-state index contributed by atoms with van der Waals surface area (Å²) in [5.74, 6) is 1.48. The topological polar surface area (TPSA) is 56.6 Å². The summed E-state index contributed by atoms with van der Waals surface area (Å²) in [5.41, 5.74) is 1.51. The Bertz CT molecular complexity index is 726. The monoisotopic (exact) mass is 329 g/mol. The molecule has 0 radical (unpaired) electrons. The molecule has 1 aliphatic heterocycles. The van der Waals surface area contributed by atoms with Crippen molar-refractivity contribution in [2.75, 3.05) is 19.7 Å². The van der Waals surface area contributed by atoms with Gasteiger partial charge in [-0.2, -0.15) is 5.10 Å².